The maximum atomic E-state index is 12.5. The molecule has 0 unspecified atom stereocenters. The summed E-state index contributed by atoms with van der Waals surface area (Å²) in [5.41, 5.74) is 4.47. The minimum absolute atomic E-state index is 0.162. The van der Waals surface area contributed by atoms with E-state index < -0.39 is 11.9 Å². The van der Waals surface area contributed by atoms with Crippen molar-refractivity contribution in [3.63, 3.8) is 0 Å². The molecule has 0 atom stereocenters. The first-order chi connectivity index (χ1) is 17.0. The Morgan fingerprint density at radius 2 is 1.74 bits per heavy atom. The van der Waals surface area contributed by atoms with Crippen molar-refractivity contribution < 1.29 is 28.5 Å². The fraction of sp³-hybridized carbons (Fsp3) is 0.222. The van der Waals surface area contributed by atoms with Crippen molar-refractivity contribution in [3.8, 4) is 23.0 Å². The van der Waals surface area contributed by atoms with Crippen molar-refractivity contribution in [2.45, 2.75) is 20.3 Å². The van der Waals surface area contributed by atoms with Crippen molar-refractivity contribution in [1.29, 1.82) is 0 Å². The Balaban J connectivity index is 1.54. The quantitative estimate of drug-likeness (QED) is 0.189. The molecule has 35 heavy (non-hydrogen) atoms. The number of hydrazone groups is 1. The molecule has 0 radical (unpaired) electrons. The Kier molecular flexibility index (Phi) is 9.24. The van der Waals surface area contributed by atoms with E-state index in [-0.39, 0.29) is 12.4 Å². The fourth-order valence-electron chi connectivity index (χ4n) is 2.98. The summed E-state index contributed by atoms with van der Waals surface area (Å²) in [7, 11) is 1.47. The highest BCUT2D eigenvalue weighted by molar-refractivity contribution is 5.92. The Bertz CT molecular complexity index is 1170. The van der Waals surface area contributed by atoms with Crippen molar-refractivity contribution in [1.82, 2.24) is 5.43 Å². The minimum Gasteiger partial charge on any atom is -0.494 e. The zero-order valence-corrected chi connectivity index (χ0v) is 19.9. The van der Waals surface area contributed by atoms with Gasteiger partial charge >= 0.3 is 5.97 Å². The van der Waals surface area contributed by atoms with E-state index in [0.29, 0.717) is 35.0 Å². The molecule has 0 aliphatic carbocycles. The number of carbonyl (C=O) groups is 2. The monoisotopic (exact) mass is 476 g/mol. The van der Waals surface area contributed by atoms with Crippen molar-refractivity contribution >= 4 is 18.1 Å². The maximum absolute atomic E-state index is 12.5. The molecule has 8 heteroatoms. The van der Waals surface area contributed by atoms with Crippen LogP contribution in [0, 0.1) is 6.92 Å². The number of carbonyl (C=O) groups excluding carboxylic acids is 2. The SMILES string of the molecule is CCCOc1ccc(C(=O)Oc2ccc(C=NNC(=O)COc3cccc(C)c3)cc2OC)cc1. The van der Waals surface area contributed by atoms with E-state index in [1.807, 2.05) is 32.0 Å². The molecule has 0 aliphatic rings. The molecule has 0 saturated heterocycles. The molecule has 0 bridgehead atoms. The molecule has 0 heterocycles. The minimum atomic E-state index is -0.521. The van der Waals surface area contributed by atoms with Gasteiger partial charge in [-0.1, -0.05) is 19.1 Å². The predicted octanol–water partition coefficient (Wildman–Crippen LogP) is 4.54. The van der Waals surface area contributed by atoms with Crippen LogP contribution < -0.4 is 24.4 Å². The molecule has 1 N–H and O–H groups in total. The van der Waals surface area contributed by atoms with Crippen LogP contribution in [0.15, 0.2) is 71.8 Å². The molecule has 0 aliphatic heterocycles. The van der Waals surface area contributed by atoms with E-state index in [2.05, 4.69) is 10.5 Å². The molecule has 3 aromatic carbocycles. The number of hydrogen-bond acceptors (Lipinski definition) is 7. The molecule has 3 aromatic rings. The van der Waals surface area contributed by atoms with Crippen molar-refractivity contribution in [2.75, 3.05) is 20.3 Å². The highest BCUT2D eigenvalue weighted by atomic mass is 16.6. The zero-order chi connectivity index (χ0) is 25.0. The summed E-state index contributed by atoms with van der Waals surface area (Å²) in [4.78, 5) is 24.5. The van der Waals surface area contributed by atoms with Gasteiger partial charge < -0.3 is 18.9 Å². The fourth-order valence-corrected chi connectivity index (χ4v) is 2.98. The summed E-state index contributed by atoms with van der Waals surface area (Å²) in [6.45, 7) is 4.42. The van der Waals surface area contributed by atoms with Crippen LogP contribution in [0.3, 0.4) is 0 Å². The van der Waals surface area contributed by atoms with Crippen molar-refractivity contribution in [3.05, 3.63) is 83.4 Å². The molecular formula is C27H28N2O6. The average molecular weight is 477 g/mol. The van der Waals surface area contributed by atoms with Gasteiger partial charge in [-0.25, -0.2) is 10.2 Å². The lowest BCUT2D eigenvalue weighted by Gasteiger charge is -2.10. The molecular weight excluding hydrogens is 448 g/mol. The third-order valence-corrected chi connectivity index (χ3v) is 4.72. The predicted molar refractivity (Wildman–Crippen MR) is 133 cm³/mol. The number of hydrogen-bond donors (Lipinski definition) is 1. The third-order valence-electron chi connectivity index (χ3n) is 4.72. The van der Waals surface area contributed by atoms with E-state index in [1.165, 1.54) is 13.3 Å². The van der Waals surface area contributed by atoms with Crippen LogP contribution in [-0.2, 0) is 4.79 Å². The van der Waals surface area contributed by atoms with Crippen molar-refractivity contribution in [2.24, 2.45) is 5.10 Å². The number of aryl methyl sites for hydroxylation is 1. The van der Waals surface area contributed by atoms with E-state index in [9.17, 15) is 9.59 Å². The van der Waals surface area contributed by atoms with E-state index in [1.54, 1.807) is 48.5 Å². The summed E-state index contributed by atoms with van der Waals surface area (Å²) in [6.07, 6.45) is 2.35. The lowest BCUT2D eigenvalue weighted by molar-refractivity contribution is -0.123. The number of ether oxygens (including phenoxy) is 4. The van der Waals surface area contributed by atoms with Crippen LogP contribution in [0.2, 0.25) is 0 Å². The van der Waals surface area contributed by atoms with Gasteiger partial charge in [0, 0.05) is 0 Å². The number of nitrogens with one attached hydrogen (secondary N) is 1. The van der Waals surface area contributed by atoms with Crippen LogP contribution in [-0.4, -0.2) is 38.4 Å². The largest absolute Gasteiger partial charge is 0.494 e. The van der Waals surface area contributed by atoms with Gasteiger partial charge in [-0.3, -0.25) is 4.79 Å². The first-order valence-electron chi connectivity index (χ1n) is 11.1. The molecule has 0 spiro atoms. The maximum Gasteiger partial charge on any atom is 0.343 e. The first-order valence-corrected chi connectivity index (χ1v) is 11.1. The Labute approximate surface area is 204 Å². The second-order valence-electron chi connectivity index (χ2n) is 7.57. The molecule has 3 rings (SSSR count). The van der Waals surface area contributed by atoms with Crippen LogP contribution >= 0.6 is 0 Å². The Morgan fingerprint density at radius 1 is 0.943 bits per heavy atom. The van der Waals surface area contributed by atoms with Gasteiger partial charge in [-0.2, -0.15) is 5.10 Å². The number of amides is 1. The van der Waals surface area contributed by atoms with E-state index in [0.717, 1.165) is 12.0 Å². The number of rotatable bonds is 11. The van der Waals surface area contributed by atoms with Gasteiger partial charge in [-0.05, 0) is 79.1 Å². The molecule has 0 aromatic heterocycles. The van der Waals surface area contributed by atoms with E-state index >= 15 is 0 Å². The molecule has 8 nitrogen and oxygen atoms in total. The first kappa shape index (κ1) is 25.3. The molecule has 182 valence electrons. The number of nitrogens with zero attached hydrogens (tertiary/aromatic N) is 1. The standard InChI is InChI=1S/C27H28N2O6/c1-4-14-33-22-11-9-21(10-12-22)27(31)35-24-13-8-20(16-25(24)32-3)17-28-29-26(30)18-34-23-7-5-6-19(2)15-23/h5-13,15-17H,4,14,18H2,1-3H3,(H,29,30). The van der Waals surface area contributed by atoms with Crippen LogP contribution in [0.4, 0.5) is 0 Å². The number of methoxy groups -OCH3 is 1. The van der Waals surface area contributed by atoms with Gasteiger partial charge in [0.25, 0.3) is 5.91 Å². The van der Waals surface area contributed by atoms with Gasteiger partial charge in [-0.15, -0.1) is 0 Å². The second-order valence-corrected chi connectivity index (χ2v) is 7.57. The summed E-state index contributed by atoms with van der Waals surface area (Å²) in [6, 6.07) is 19.1. The summed E-state index contributed by atoms with van der Waals surface area (Å²) in [5, 5.41) is 3.93. The van der Waals surface area contributed by atoms with Gasteiger partial charge in [0.05, 0.1) is 25.5 Å². The van der Waals surface area contributed by atoms with Crippen LogP contribution in [0.5, 0.6) is 23.0 Å². The smallest absolute Gasteiger partial charge is 0.343 e. The molecule has 1 amide bonds. The summed E-state index contributed by atoms with van der Waals surface area (Å²) < 4.78 is 21.8. The number of esters is 1. The van der Waals surface area contributed by atoms with E-state index in [4.69, 9.17) is 18.9 Å². The lowest BCUT2D eigenvalue weighted by atomic mass is 10.2. The topological polar surface area (TPSA) is 95.5 Å². The highest BCUT2D eigenvalue weighted by Gasteiger charge is 2.13. The van der Waals surface area contributed by atoms with Gasteiger partial charge in [0.15, 0.2) is 18.1 Å². The molecule has 0 fully saturated rings. The van der Waals surface area contributed by atoms with Crippen LogP contribution in [0.1, 0.15) is 34.8 Å². The van der Waals surface area contributed by atoms with Gasteiger partial charge in [0.2, 0.25) is 0 Å². The molecule has 0 saturated carbocycles. The second kappa shape index (κ2) is 12.8. The average Bonchev–Trinajstić information content (AvgIpc) is 2.87. The Hall–Kier alpha value is -4.33. The summed E-state index contributed by atoms with van der Waals surface area (Å²) >= 11 is 0. The lowest BCUT2D eigenvalue weighted by Crippen LogP contribution is -2.24. The normalized spacial score (nSPS) is 10.6. The highest BCUT2D eigenvalue weighted by Crippen LogP contribution is 2.28. The zero-order valence-electron chi connectivity index (χ0n) is 19.9. The number of benzene rings is 3. The third kappa shape index (κ3) is 7.89. The van der Waals surface area contributed by atoms with Crippen LogP contribution in [0.25, 0.3) is 0 Å². The van der Waals surface area contributed by atoms with Gasteiger partial charge in [0.1, 0.15) is 11.5 Å². The summed E-state index contributed by atoms with van der Waals surface area (Å²) in [5.74, 6) is 0.994. The Morgan fingerprint density at radius 3 is 2.46 bits per heavy atom.